The third-order valence-corrected chi connectivity index (χ3v) is 6.29. The van der Waals surface area contributed by atoms with Gasteiger partial charge in [-0.15, -0.1) is 0 Å². The monoisotopic (exact) mass is 506 g/mol. The molecular formula is C23H24BrFN2O3S. The van der Waals surface area contributed by atoms with Crippen LogP contribution < -0.4 is 9.47 Å². The van der Waals surface area contributed by atoms with Crippen molar-refractivity contribution < 1.29 is 18.7 Å². The van der Waals surface area contributed by atoms with Gasteiger partial charge in [0, 0.05) is 6.54 Å². The SMILES string of the molecule is CC[C@@H](C)Oc1c(Br)cc(/C=C2/SC(=Nc3ccc(F)cc3)N(CC)C2=O)cc1OC. The number of amides is 1. The van der Waals surface area contributed by atoms with E-state index in [9.17, 15) is 9.18 Å². The van der Waals surface area contributed by atoms with E-state index in [1.807, 2.05) is 32.1 Å². The summed E-state index contributed by atoms with van der Waals surface area (Å²) in [6.07, 6.45) is 2.73. The number of carbonyl (C=O) groups is 1. The van der Waals surface area contributed by atoms with E-state index in [1.54, 1.807) is 24.1 Å². The summed E-state index contributed by atoms with van der Waals surface area (Å²) < 4.78 is 25.4. The molecule has 1 amide bonds. The molecule has 1 heterocycles. The first-order valence-electron chi connectivity index (χ1n) is 9.96. The molecule has 0 saturated carbocycles. The second-order valence-electron chi connectivity index (χ2n) is 6.90. The number of halogens is 2. The molecule has 0 radical (unpaired) electrons. The summed E-state index contributed by atoms with van der Waals surface area (Å²) in [7, 11) is 1.59. The molecule has 1 aliphatic heterocycles. The van der Waals surface area contributed by atoms with Crippen LogP contribution in [0.15, 0.2) is 50.8 Å². The zero-order valence-electron chi connectivity index (χ0n) is 17.8. The van der Waals surface area contributed by atoms with Crippen molar-refractivity contribution in [3.63, 3.8) is 0 Å². The van der Waals surface area contributed by atoms with Crippen molar-refractivity contribution in [2.45, 2.75) is 33.3 Å². The van der Waals surface area contributed by atoms with Crippen molar-refractivity contribution in [2.75, 3.05) is 13.7 Å². The molecule has 2 aromatic carbocycles. The number of amidine groups is 1. The van der Waals surface area contributed by atoms with Crippen LogP contribution in [0, 0.1) is 5.82 Å². The maximum absolute atomic E-state index is 13.2. The number of likely N-dealkylation sites (N-methyl/N-ethyl adjacent to an activating group) is 1. The number of carbonyl (C=O) groups excluding carboxylic acids is 1. The number of hydrogen-bond donors (Lipinski definition) is 0. The van der Waals surface area contributed by atoms with Crippen LogP contribution in [0.5, 0.6) is 11.5 Å². The first kappa shape index (κ1) is 23.3. The predicted octanol–water partition coefficient (Wildman–Crippen LogP) is 6.40. The highest BCUT2D eigenvalue weighted by Gasteiger charge is 2.32. The van der Waals surface area contributed by atoms with Crippen LogP contribution in [-0.2, 0) is 4.79 Å². The van der Waals surface area contributed by atoms with Crippen LogP contribution in [0.1, 0.15) is 32.8 Å². The fraction of sp³-hybridized carbons (Fsp3) is 0.304. The fourth-order valence-electron chi connectivity index (χ4n) is 2.87. The summed E-state index contributed by atoms with van der Waals surface area (Å²) >= 11 is 4.85. The quantitative estimate of drug-likeness (QED) is 0.407. The zero-order valence-corrected chi connectivity index (χ0v) is 20.2. The lowest BCUT2D eigenvalue weighted by atomic mass is 10.1. The summed E-state index contributed by atoms with van der Waals surface area (Å²) in [5, 5.41) is 0.563. The van der Waals surface area contributed by atoms with Crippen LogP contribution in [0.2, 0.25) is 0 Å². The van der Waals surface area contributed by atoms with Crippen molar-refractivity contribution in [2.24, 2.45) is 4.99 Å². The highest BCUT2D eigenvalue weighted by Crippen LogP contribution is 2.40. The molecule has 1 fully saturated rings. The van der Waals surface area contributed by atoms with Crippen LogP contribution in [0.25, 0.3) is 6.08 Å². The normalized spacial score (nSPS) is 17.5. The van der Waals surface area contributed by atoms with Gasteiger partial charge in [0.2, 0.25) is 0 Å². The number of benzene rings is 2. The highest BCUT2D eigenvalue weighted by atomic mass is 79.9. The Hall–Kier alpha value is -2.32. The number of methoxy groups -OCH3 is 1. The topological polar surface area (TPSA) is 51.1 Å². The zero-order chi connectivity index (χ0) is 22.5. The van der Waals surface area contributed by atoms with Crippen molar-refractivity contribution >= 4 is 50.5 Å². The van der Waals surface area contributed by atoms with Gasteiger partial charge in [0.1, 0.15) is 5.82 Å². The average molecular weight is 507 g/mol. The number of nitrogens with zero attached hydrogens (tertiary/aromatic N) is 2. The Labute approximate surface area is 194 Å². The van der Waals surface area contributed by atoms with E-state index >= 15 is 0 Å². The number of aliphatic imine (C=N–C) groups is 1. The van der Waals surface area contributed by atoms with Gasteiger partial charge in [-0.3, -0.25) is 9.69 Å². The number of rotatable bonds is 7. The molecule has 1 saturated heterocycles. The van der Waals surface area contributed by atoms with E-state index in [-0.39, 0.29) is 17.8 Å². The maximum Gasteiger partial charge on any atom is 0.266 e. The summed E-state index contributed by atoms with van der Waals surface area (Å²) in [4.78, 5) is 19.6. The van der Waals surface area contributed by atoms with Gasteiger partial charge < -0.3 is 9.47 Å². The molecule has 164 valence electrons. The number of ether oxygens (including phenoxy) is 2. The largest absolute Gasteiger partial charge is 0.493 e. The van der Waals surface area contributed by atoms with E-state index in [1.165, 1.54) is 23.9 Å². The van der Waals surface area contributed by atoms with Crippen LogP contribution in [0.3, 0.4) is 0 Å². The Kier molecular flexibility index (Phi) is 7.78. The molecule has 0 aliphatic carbocycles. The van der Waals surface area contributed by atoms with E-state index in [0.29, 0.717) is 33.8 Å². The first-order valence-corrected chi connectivity index (χ1v) is 11.6. The predicted molar refractivity (Wildman–Crippen MR) is 128 cm³/mol. The van der Waals surface area contributed by atoms with Gasteiger partial charge in [0.05, 0.1) is 28.3 Å². The molecule has 1 atom stereocenters. The lowest BCUT2D eigenvalue weighted by Gasteiger charge is -2.17. The fourth-order valence-corrected chi connectivity index (χ4v) is 4.49. The molecule has 5 nitrogen and oxygen atoms in total. The van der Waals surface area contributed by atoms with Crippen molar-refractivity contribution in [1.82, 2.24) is 4.90 Å². The molecular weight excluding hydrogens is 483 g/mol. The second kappa shape index (κ2) is 10.3. The average Bonchev–Trinajstić information content (AvgIpc) is 3.04. The minimum atomic E-state index is -0.327. The standard InChI is InChI=1S/C23H24BrFN2O3S/c1-5-14(3)30-21-18(24)11-15(12-19(21)29-4)13-20-22(28)27(6-2)23(31-20)26-17-9-7-16(25)8-10-17/h7-14H,5-6H2,1-4H3/b20-13+,26-23?/t14-/m1/s1. The van der Waals surface area contributed by atoms with Crippen LogP contribution in [0.4, 0.5) is 10.1 Å². The van der Waals surface area contributed by atoms with Gasteiger partial charge in [-0.1, -0.05) is 6.92 Å². The summed E-state index contributed by atoms with van der Waals surface area (Å²) in [5.41, 5.74) is 1.39. The van der Waals surface area contributed by atoms with Crippen molar-refractivity contribution in [3.8, 4) is 11.5 Å². The molecule has 8 heteroatoms. The molecule has 0 aromatic heterocycles. The van der Waals surface area contributed by atoms with Gasteiger partial charge in [0.15, 0.2) is 16.7 Å². The molecule has 3 rings (SSSR count). The van der Waals surface area contributed by atoms with E-state index in [0.717, 1.165) is 16.5 Å². The number of hydrogen-bond acceptors (Lipinski definition) is 5. The van der Waals surface area contributed by atoms with Crippen LogP contribution in [-0.4, -0.2) is 35.7 Å². The van der Waals surface area contributed by atoms with Gasteiger partial charge in [-0.05, 0) is 96.0 Å². The lowest BCUT2D eigenvalue weighted by molar-refractivity contribution is -0.122. The summed E-state index contributed by atoms with van der Waals surface area (Å²) in [6.45, 7) is 6.42. The summed E-state index contributed by atoms with van der Waals surface area (Å²) in [5.74, 6) is 0.776. The Morgan fingerprint density at radius 3 is 2.58 bits per heavy atom. The molecule has 2 aromatic rings. The molecule has 0 unspecified atom stereocenters. The molecule has 0 spiro atoms. The highest BCUT2D eigenvalue weighted by molar-refractivity contribution is 9.10. The van der Waals surface area contributed by atoms with Crippen molar-refractivity contribution in [3.05, 3.63) is 57.2 Å². The Morgan fingerprint density at radius 1 is 1.26 bits per heavy atom. The van der Waals surface area contributed by atoms with Crippen LogP contribution >= 0.6 is 27.7 Å². The molecule has 1 aliphatic rings. The van der Waals surface area contributed by atoms with E-state index < -0.39 is 0 Å². The lowest BCUT2D eigenvalue weighted by Crippen LogP contribution is -2.28. The molecule has 31 heavy (non-hydrogen) atoms. The Bertz CT molecular complexity index is 1020. The summed E-state index contributed by atoms with van der Waals surface area (Å²) in [6, 6.07) is 9.60. The first-order chi connectivity index (χ1) is 14.9. The van der Waals surface area contributed by atoms with Crippen molar-refractivity contribution in [1.29, 1.82) is 0 Å². The van der Waals surface area contributed by atoms with Gasteiger partial charge in [0.25, 0.3) is 5.91 Å². The van der Waals surface area contributed by atoms with E-state index in [4.69, 9.17) is 9.47 Å². The molecule has 0 bridgehead atoms. The minimum Gasteiger partial charge on any atom is -0.493 e. The number of thioether (sulfide) groups is 1. The van der Waals surface area contributed by atoms with Gasteiger partial charge >= 0.3 is 0 Å². The molecule has 0 N–H and O–H groups in total. The van der Waals surface area contributed by atoms with Gasteiger partial charge in [-0.25, -0.2) is 9.38 Å². The minimum absolute atomic E-state index is 0.0460. The maximum atomic E-state index is 13.2. The third-order valence-electron chi connectivity index (χ3n) is 4.70. The van der Waals surface area contributed by atoms with Gasteiger partial charge in [-0.2, -0.15) is 0 Å². The smallest absolute Gasteiger partial charge is 0.266 e. The third kappa shape index (κ3) is 5.49. The second-order valence-corrected chi connectivity index (χ2v) is 8.77. The van der Waals surface area contributed by atoms with E-state index in [2.05, 4.69) is 27.8 Å². The Balaban J connectivity index is 1.93. The Morgan fingerprint density at radius 2 is 1.97 bits per heavy atom.